The molecule has 0 aliphatic carbocycles. The molecule has 0 aromatic heterocycles. The Morgan fingerprint density at radius 1 is 1.40 bits per heavy atom. The van der Waals surface area contributed by atoms with Gasteiger partial charge >= 0.3 is 125 Å². The second-order valence-corrected chi connectivity index (χ2v) is 7.32. The van der Waals surface area contributed by atoms with Crippen LogP contribution in [0.5, 0.6) is 0 Å². The van der Waals surface area contributed by atoms with Crippen molar-refractivity contribution in [3.8, 4) is 0 Å². The Hall–Kier alpha value is -1.23. The van der Waals surface area contributed by atoms with Gasteiger partial charge in [-0.15, -0.1) is 0 Å². The predicted molar refractivity (Wildman–Crippen MR) is 81.7 cm³/mol. The molecule has 6 heteroatoms. The van der Waals surface area contributed by atoms with Crippen molar-refractivity contribution >= 4 is 37.5 Å². The Balaban J connectivity index is 1.96. The van der Waals surface area contributed by atoms with Gasteiger partial charge in [0.05, 0.1) is 0 Å². The van der Waals surface area contributed by atoms with Crippen LogP contribution >= 0.6 is 0 Å². The van der Waals surface area contributed by atoms with Gasteiger partial charge in [-0.2, -0.15) is 0 Å². The minimum atomic E-state index is -0.127. The van der Waals surface area contributed by atoms with E-state index in [-0.39, 0.29) is 31.9 Å². The second-order valence-electron chi connectivity index (χ2n) is 6.21. The van der Waals surface area contributed by atoms with Crippen LogP contribution in [0.4, 0.5) is 17.1 Å². The number of hydrogen-bond acceptors (Lipinski definition) is 4. The van der Waals surface area contributed by atoms with Crippen molar-refractivity contribution in [1.29, 1.82) is 0 Å². The summed E-state index contributed by atoms with van der Waals surface area (Å²) < 4.78 is 8.64. The van der Waals surface area contributed by atoms with Crippen LogP contribution in [0, 0.1) is 5.41 Å². The van der Waals surface area contributed by atoms with Crippen molar-refractivity contribution in [2.24, 2.45) is 19.1 Å². The van der Waals surface area contributed by atoms with E-state index < -0.39 is 0 Å². The first-order valence-electron chi connectivity index (χ1n) is 6.62. The Morgan fingerprint density at radius 3 is 2.85 bits per heavy atom. The molecule has 1 amide bonds. The van der Waals surface area contributed by atoms with Crippen LogP contribution in [0.3, 0.4) is 0 Å². The number of anilines is 1. The second kappa shape index (κ2) is 6.04. The molecule has 1 aliphatic rings. The summed E-state index contributed by atoms with van der Waals surface area (Å²) in [6.45, 7) is 6.37. The first-order valence-corrected chi connectivity index (χ1v) is 8.15. The molecule has 1 aromatic rings. The summed E-state index contributed by atoms with van der Waals surface area (Å²) in [4.78, 5) is 12.1. The van der Waals surface area contributed by atoms with Gasteiger partial charge in [-0.05, 0) is 0 Å². The zero-order valence-corrected chi connectivity index (χ0v) is 13.7. The molecule has 3 N–H and O–H groups in total. The molecule has 1 unspecified atom stereocenters. The third-order valence-electron chi connectivity index (χ3n) is 2.88. The summed E-state index contributed by atoms with van der Waals surface area (Å²) in [5.41, 5.74) is 8.55. The van der Waals surface area contributed by atoms with Crippen LogP contribution in [-0.4, -0.2) is 26.5 Å². The standard InChI is InChI=1S/C14H20N4OSe/c1-14(2,3)8-9(15)7-12(19)16-10-5-4-6-11-13(10)18-20-17-11/h4-6,9H,7-8,15H2,1-3H3,(H,16,19). The third-order valence-corrected chi connectivity index (χ3v) is 4.02. The van der Waals surface area contributed by atoms with Crippen LogP contribution in [0.25, 0.3) is 0 Å². The summed E-state index contributed by atoms with van der Waals surface area (Å²) in [7, 11) is 0. The topological polar surface area (TPSA) is 79.8 Å². The molecule has 0 bridgehead atoms. The molecular formula is C14H20N4OSe. The van der Waals surface area contributed by atoms with E-state index in [1.165, 1.54) is 0 Å². The van der Waals surface area contributed by atoms with Crippen LogP contribution < -0.4 is 11.1 Å². The molecule has 1 atom stereocenters. The van der Waals surface area contributed by atoms with Crippen LogP contribution in [0.2, 0.25) is 0 Å². The zero-order valence-electron chi connectivity index (χ0n) is 12.0. The monoisotopic (exact) mass is 340 g/mol. The SMILES string of the molecule is CC(C)(C)CC(N)CC(=O)Nc1cccc2c1N=[Se]=N2. The number of rotatable bonds is 4. The van der Waals surface area contributed by atoms with Crippen LogP contribution in [0.15, 0.2) is 26.1 Å². The third kappa shape index (κ3) is 4.13. The number of nitrogens with one attached hydrogen (secondary N) is 1. The maximum absolute atomic E-state index is 12.1. The average Bonchev–Trinajstić information content (AvgIpc) is 2.74. The average molecular weight is 339 g/mol. The van der Waals surface area contributed by atoms with E-state index >= 15 is 0 Å². The molecule has 0 saturated heterocycles. The van der Waals surface area contributed by atoms with Gasteiger partial charge in [0.15, 0.2) is 0 Å². The molecule has 1 aromatic carbocycles. The number of carbonyl (C=O) groups excluding carboxylic acids is 1. The van der Waals surface area contributed by atoms with Gasteiger partial charge in [0, 0.05) is 0 Å². The fourth-order valence-electron chi connectivity index (χ4n) is 2.21. The number of benzene rings is 1. The zero-order chi connectivity index (χ0) is 14.8. The molecule has 20 heavy (non-hydrogen) atoms. The van der Waals surface area contributed by atoms with Gasteiger partial charge < -0.3 is 0 Å². The summed E-state index contributed by atoms with van der Waals surface area (Å²) in [5.74, 6) is -0.0650. The van der Waals surface area contributed by atoms with Crippen LogP contribution in [-0.2, 0) is 4.79 Å². The van der Waals surface area contributed by atoms with Gasteiger partial charge in [-0.3, -0.25) is 0 Å². The van der Waals surface area contributed by atoms with Crippen molar-refractivity contribution in [3.05, 3.63) is 18.2 Å². The number of carbonyl (C=O) groups is 1. The Morgan fingerprint density at radius 2 is 2.15 bits per heavy atom. The van der Waals surface area contributed by atoms with Crippen molar-refractivity contribution in [3.63, 3.8) is 0 Å². The van der Waals surface area contributed by atoms with Crippen molar-refractivity contribution in [2.75, 3.05) is 5.32 Å². The van der Waals surface area contributed by atoms with E-state index in [0.29, 0.717) is 6.42 Å². The van der Waals surface area contributed by atoms with Gasteiger partial charge in [0.1, 0.15) is 0 Å². The normalized spacial score (nSPS) is 14.6. The van der Waals surface area contributed by atoms with Crippen molar-refractivity contribution in [2.45, 2.75) is 39.7 Å². The molecule has 1 heterocycles. The molecule has 0 saturated carbocycles. The molecule has 0 spiro atoms. The van der Waals surface area contributed by atoms with Crippen LogP contribution in [0.1, 0.15) is 33.6 Å². The number of fused-ring (bicyclic) bond motifs is 1. The number of amides is 1. The summed E-state index contributed by atoms with van der Waals surface area (Å²) in [6, 6.07) is 5.52. The molecule has 2 rings (SSSR count). The minimum absolute atomic E-state index is 0.0650. The fourth-order valence-corrected chi connectivity index (χ4v) is 3.36. The van der Waals surface area contributed by atoms with E-state index in [1.807, 2.05) is 18.2 Å². The number of nitrogens with two attached hydrogens (primary N) is 1. The van der Waals surface area contributed by atoms with Crippen molar-refractivity contribution in [1.82, 2.24) is 0 Å². The number of hydrogen-bond donors (Lipinski definition) is 2. The maximum atomic E-state index is 12.1. The molecule has 5 nitrogen and oxygen atoms in total. The van der Waals surface area contributed by atoms with Gasteiger partial charge in [-0.25, -0.2) is 0 Å². The van der Waals surface area contributed by atoms with Crippen molar-refractivity contribution < 1.29 is 4.79 Å². The fraction of sp³-hybridized carbons (Fsp3) is 0.500. The summed E-state index contributed by atoms with van der Waals surface area (Å²) in [6.07, 6.45) is 1.14. The molecule has 0 radical (unpaired) electrons. The molecular weight excluding hydrogens is 319 g/mol. The van der Waals surface area contributed by atoms with Gasteiger partial charge in [0.2, 0.25) is 0 Å². The van der Waals surface area contributed by atoms with E-state index in [1.54, 1.807) is 0 Å². The molecule has 0 fully saturated rings. The van der Waals surface area contributed by atoms with E-state index in [2.05, 4.69) is 34.0 Å². The quantitative estimate of drug-likeness (QED) is 0.839. The molecule has 108 valence electrons. The van der Waals surface area contributed by atoms with Gasteiger partial charge in [-0.1, -0.05) is 0 Å². The number of nitrogens with zero attached hydrogens (tertiary/aromatic N) is 2. The van der Waals surface area contributed by atoms with E-state index in [0.717, 1.165) is 23.5 Å². The summed E-state index contributed by atoms with van der Waals surface area (Å²) >= 11 is -0.0915. The molecule has 1 aliphatic heterocycles. The Kier molecular flexibility index (Phi) is 4.58. The van der Waals surface area contributed by atoms with E-state index in [9.17, 15) is 4.79 Å². The Bertz CT molecular complexity index is 585. The first-order chi connectivity index (χ1) is 9.35. The van der Waals surface area contributed by atoms with Gasteiger partial charge in [0.25, 0.3) is 0 Å². The van der Waals surface area contributed by atoms with E-state index in [4.69, 9.17) is 5.73 Å². The summed E-state index contributed by atoms with van der Waals surface area (Å²) in [5, 5.41) is 2.90. The predicted octanol–water partition coefficient (Wildman–Crippen LogP) is 3.13. The Labute approximate surface area is 125 Å². The first kappa shape index (κ1) is 15.2.